The first-order chi connectivity index (χ1) is 8.30. The number of amides is 2. The summed E-state index contributed by atoms with van der Waals surface area (Å²) in [4.78, 5) is 23.5. The number of halogens is 2. The van der Waals surface area contributed by atoms with Crippen molar-refractivity contribution >= 4 is 27.3 Å². The fraction of sp³-hybridized carbons (Fsp3) is 0.200. The molecule has 1 aliphatic heterocycles. The van der Waals surface area contributed by atoms with Gasteiger partial charge in [-0.1, -0.05) is 0 Å². The molecule has 0 radical (unpaired) electrons. The third-order valence-electron chi connectivity index (χ3n) is 2.34. The van der Waals surface area contributed by atoms with Crippen LogP contribution in [0.4, 0.5) is 14.5 Å². The second kappa shape index (κ2) is 4.13. The summed E-state index contributed by atoms with van der Waals surface area (Å²) in [5.41, 5.74) is -0.443. The van der Waals surface area contributed by atoms with Crippen LogP contribution in [0.1, 0.15) is 0 Å². The lowest BCUT2D eigenvalue weighted by molar-refractivity contribution is -0.124. The average molecular weight is 275 g/mol. The monoisotopic (exact) mass is 275 g/mol. The van der Waals surface area contributed by atoms with Crippen molar-refractivity contribution in [2.75, 3.05) is 16.4 Å². The maximum Gasteiger partial charge on any atom is 0.249 e. The third kappa shape index (κ3) is 2.23. The Morgan fingerprint density at radius 3 is 2.11 bits per heavy atom. The normalized spacial score (nSPS) is 19.1. The van der Waals surface area contributed by atoms with Crippen molar-refractivity contribution < 1.29 is 26.8 Å². The van der Waals surface area contributed by atoms with E-state index in [1.165, 1.54) is 0 Å². The molecule has 1 aromatic rings. The van der Waals surface area contributed by atoms with Crippen LogP contribution in [-0.2, 0) is 19.4 Å². The number of sulfone groups is 1. The van der Waals surface area contributed by atoms with Gasteiger partial charge < -0.3 is 0 Å². The van der Waals surface area contributed by atoms with E-state index < -0.39 is 50.5 Å². The number of carbonyl (C=O) groups is 2. The molecule has 18 heavy (non-hydrogen) atoms. The lowest BCUT2D eigenvalue weighted by Gasteiger charge is -2.25. The second-order valence-corrected chi connectivity index (χ2v) is 5.82. The summed E-state index contributed by atoms with van der Waals surface area (Å²) >= 11 is 0. The molecule has 8 heteroatoms. The van der Waals surface area contributed by atoms with Crippen molar-refractivity contribution in [2.45, 2.75) is 0 Å². The molecule has 0 aliphatic carbocycles. The first-order valence-corrected chi connectivity index (χ1v) is 6.63. The van der Waals surface area contributed by atoms with Crippen LogP contribution in [0, 0.1) is 11.6 Å². The Kier molecular flexibility index (Phi) is 2.89. The van der Waals surface area contributed by atoms with Gasteiger partial charge in [0.25, 0.3) is 0 Å². The number of carbonyl (C=O) groups excluding carboxylic acids is 2. The number of imide groups is 1. The molecule has 0 saturated carbocycles. The molecule has 1 heterocycles. The van der Waals surface area contributed by atoms with E-state index in [1.54, 1.807) is 0 Å². The Bertz CT molecular complexity index is 617. The van der Waals surface area contributed by atoms with Crippen molar-refractivity contribution in [3.63, 3.8) is 0 Å². The fourth-order valence-electron chi connectivity index (χ4n) is 1.63. The Morgan fingerprint density at radius 1 is 1.06 bits per heavy atom. The fourth-order valence-corrected chi connectivity index (χ4v) is 2.74. The van der Waals surface area contributed by atoms with Crippen LogP contribution in [0.3, 0.4) is 0 Å². The van der Waals surface area contributed by atoms with E-state index in [-0.39, 0.29) is 0 Å². The molecule has 0 spiro atoms. The molecule has 5 nitrogen and oxygen atoms in total. The Hall–Kier alpha value is -1.83. The largest absolute Gasteiger partial charge is 0.273 e. The van der Waals surface area contributed by atoms with E-state index in [1.807, 2.05) is 0 Å². The maximum absolute atomic E-state index is 13.4. The first-order valence-electron chi connectivity index (χ1n) is 4.81. The van der Waals surface area contributed by atoms with Gasteiger partial charge in [-0.3, -0.25) is 9.59 Å². The highest BCUT2D eigenvalue weighted by molar-refractivity contribution is 7.93. The highest BCUT2D eigenvalue weighted by Crippen LogP contribution is 2.23. The third-order valence-corrected chi connectivity index (χ3v) is 3.71. The van der Waals surface area contributed by atoms with Crippen molar-refractivity contribution in [1.29, 1.82) is 0 Å². The number of hydrogen-bond acceptors (Lipinski definition) is 4. The molecule has 1 aliphatic rings. The highest BCUT2D eigenvalue weighted by atomic mass is 32.2. The second-order valence-electron chi connectivity index (χ2n) is 3.75. The smallest absolute Gasteiger partial charge is 0.249 e. The molecule has 1 fully saturated rings. The molecule has 96 valence electrons. The summed E-state index contributed by atoms with van der Waals surface area (Å²) in [7, 11) is -3.78. The minimum absolute atomic E-state index is 0.426. The van der Waals surface area contributed by atoms with E-state index in [2.05, 4.69) is 0 Å². The summed E-state index contributed by atoms with van der Waals surface area (Å²) < 4.78 is 48.5. The van der Waals surface area contributed by atoms with Crippen LogP contribution in [0.25, 0.3) is 0 Å². The van der Waals surface area contributed by atoms with Gasteiger partial charge in [-0.25, -0.2) is 22.1 Å². The molecular weight excluding hydrogens is 268 g/mol. The predicted octanol–water partition coefficient (Wildman–Crippen LogP) is 0.253. The van der Waals surface area contributed by atoms with Gasteiger partial charge in [0.2, 0.25) is 11.8 Å². The summed E-state index contributed by atoms with van der Waals surface area (Å²) in [5.74, 6) is -5.78. The topological polar surface area (TPSA) is 71.5 Å². The summed E-state index contributed by atoms with van der Waals surface area (Å²) in [6.07, 6.45) is 0. The molecule has 0 bridgehead atoms. The van der Waals surface area contributed by atoms with E-state index in [0.29, 0.717) is 11.0 Å². The van der Waals surface area contributed by atoms with Crippen molar-refractivity contribution in [3.8, 4) is 0 Å². The molecule has 0 aromatic heterocycles. The molecular formula is C10H7F2NO4S. The summed E-state index contributed by atoms with van der Waals surface area (Å²) in [6.45, 7) is 0. The molecule has 0 N–H and O–H groups in total. The number of hydrogen-bond donors (Lipinski definition) is 0. The van der Waals surface area contributed by atoms with Crippen LogP contribution < -0.4 is 4.90 Å². The zero-order valence-electron chi connectivity index (χ0n) is 8.89. The zero-order chi connectivity index (χ0) is 13.5. The Morgan fingerprint density at radius 2 is 1.61 bits per heavy atom. The average Bonchev–Trinajstić information content (AvgIpc) is 2.18. The van der Waals surface area contributed by atoms with Gasteiger partial charge in [0, 0.05) is 6.07 Å². The molecule has 1 aromatic carbocycles. The van der Waals surface area contributed by atoms with Gasteiger partial charge in [-0.15, -0.1) is 0 Å². The molecule has 1 saturated heterocycles. The SMILES string of the molecule is O=C1CS(=O)(=O)CC(=O)N1c1ccc(F)cc1F. The van der Waals surface area contributed by atoms with Gasteiger partial charge in [-0.2, -0.15) is 0 Å². The predicted molar refractivity (Wildman–Crippen MR) is 57.5 cm³/mol. The van der Waals surface area contributed by atoms with Crippen molar-refractivity contribution in [2.24, 2.45) is 0 Å². The van der Waals surface area contributed by atoms with Gasteiger partial charge in [0.05, 0.1) is 5.69 Å². The Balaban J connectivity index is 2.45. The lowest BCUT2D eigenvalue weighted by Crippen LogP contribution is -2.49. The quantitative estimate of drug-likeness (QED) is 0.689. The highest BCUT2D eigenvalue weighted by Gasteiger charge is 2.37. The van der Waals surface area contributed by atoms with Crippen LogP contribution in [-0.4, -0.2) is 31.7 Å². The van der Waals surface area contributed by atoms with Gasteiger partial charge in [-0.05, 0) is 12.1 Å². The number of anilines is 1. The number of nitrogens with zero attached hydrogens (tertiary/aromatic N) is 1. The van der Waals surface area contributed by atoms with Gasteiger partial charge >= 0.3 is 0 Å². The molecule has 2 amide bonds. The first kappa shape index (κ1) is 12.6. The van der Waals surface area contributed by atoms with E-state index in [0.717, 1.165) is 12.1 Å². The van der Waals surface area contributed by atoms with Gasteiger partial charge in [0.15, 0.2) is 9.84 Å². The molecule has 2 rings (SSSR count). The van der Waals surface area contributed by atoms with Crippen LogP contribution in [0.2, 0.25) is 0 Å². The van der Waals surface area contributed by atoms with Gasteiger partial charge in [0.1, 0.15) is 23.1 Å². The van der Waals surface area contributed by atoms with E-state index in [4.69, 9.17) is 0 Å². The van der Waals surface area contributed by atoms with Crippen LogP contribution in [0.5, 0.6) is 0 Å². The van der Waals surface area contributed by atoms with E-state index >= 15 is 0 Å². The lowest BCUT2D eigenvalue weighted by atomic mass is 10.2. The zero-order valence-corrected chi connectivity index (χ0v) is 9.71. The van der Waals surface area contributed by atoms with Crippen LogP contribution in [0.15, 0.2) is 18.2 Å². The van der Waals surface area contributed by atoms with Crippen molar-refractivity contribution in [3.05, 3.63) is 29.8 Å². The molecule has 0 unspecified atom stereocenters. The van der Waals surface area contributed by atoms with Crippen molar-refractivity contribution in [1.82, 2.24) is 0 Å². The minimum Gasteiger partial charge on any atom is -0.273 e. The summed E-state index contributed by atoms with van der Waals surface area (Å²) in [5, 5.41) is 0. The number of rotatable bonds is 1. The molecule has 0 atom stereocenters. The standard InChI is InChI=1S/C10H7F2NO4S/c11-6-1-2-8(7(12)3-6)13-9(14)4-18(16,17)5-10(13)15/h1-3H,4-5H2. The minimum atomic E-state index is -3.78. The Labute approximate surface area is 101 Å². The van der Waals surface area contributed by atoms with Crippen LogP contribution >= 0.6 is 0 Å². The van der Waals surface area contributed by atoms with E-state index in [9.17, 15) is 26.8 Å². The number of benzene rings is 1. The maximum atomic E-state index is 13.4. The summed E-state index contributed by atoms with van der Waals surface area (Å²) in [6, 6.07) is 2.31.